The lowest BCUT2D eigenvalue weighted by molar-refractivity contribution is 0.0930. The van der Waals surface area contributed by atoms with Crippen LogP contribution in [0.1, 0.15) is 29.8 Å². The summed E-state index contributed by atoms with van der Waals surface area (Å²) in [4.78, 5) is 14.4. The van der Waals surface area contributed by atoms with Crippen LogP contribution in [0.3, 0.4) is 0 Å². The van der Waals surface area contributed by atoms with E-state index in [9.17, 15) is 4.79 Å². The minimum atomic E-state index is 0.135. The van der Waals surface area contributed by atoms with E-state index in [0.717, 1.165) is 13.1 Å². The van der Waals surface area contributed by atoms with E-state index in [2.05, 4.69) is 24.8 Å². The molecule has 1 saturated heterocycles. The lowest BCUT2D eigenvalue weighted by Gasteiger charge is -2.34. The second-order valence-corrected chi connectivity index (χ2v) is 6.95. The minimum absolute atomic E-state index is 0.135. The van der Waals surface area contributed by atoms with Crippen LogP contribution in [0.4, 0.5) is 0 Å². The van der Waals surface area contributed by atoms with Crippen molar-refractivity contribution < 1.29 is 4.79 Å². The number of nitriles is 1. The molecule has 0 aliphatic carbocycles. The van der Waals surface area contributed by atoms with Crippen molar-refractivity contribution in [2.75, 3.05) is 19.6 Å². The molecule has 2 unspecified atom stereocenters. The molecule has 3 nitrogen and oxygen atoms in total. The summed E-state index contributed by atoms with van der Waals surface area (Å²) in [6.07, 6.45) is 0. The molecule has 1 aromatic rings. The number of hydrogen-bond donors (Lipinski definition) is 0. The van der Waals surface area contributed by atoms with Gasteiger partial charge in [-0.25, -0.2) is 0 Å². The Balaban J connectivity index is 1.98. The first kappa shape index (κ1) is 14.1. The van der Waals surface area contributed by atoms with Gasteiger partial charge in [0, 0.05) is 29.2 Å². The fourth-order valence-corrected chi connectivity index (χ4v) is 3.83. The van der Waals surface area contributed by atoms with E-state index in [0.29, 0.717) is 28.2 Å². The zero-order valence-corrected chi connectivity index (χ0v) is 12.1. The molecule has 0 aromatic heterocycles. The van der Waals surface area contributed by atoms with Crippen LogP contribution in [0.5, 0.6) is 0 Å². The first-order valence-electron chi connectivity index (χ1n) is 6.49. The summed E-state index contributed by atoms with van der Waals surface area (Å²) in [5.74, 6) is 0.135. The number of rotatable bonds is 3. The molecule has 0 spiro atoms. The number of nitrogens with zero attached hydrogens (tertiary/aromatic N) is 2. The van der Waals surface area contributed by atoms with Gasteiger partial charge < -0.3 is 0 Å². The molecule has 1 aliphatic rings. The maximum Gasteiger partial charge on any atom is 0.176 e. The number of Topliss-reactive ketones (excluding diaryl/α,β-unsaturated/α-hetero) is 1. The smallest absolute Gasteiger partial charge is 0.176 e. The van der Waals surface area contributed by atoms with Crippen molar-refractivity contribution in [1.29, 1.82) is 5.26 Å². The molecule has 1 aliphatic heterocycles. The number of ketones is 1. The molecule has 0 radical (unpaired) electrons. The normalized spacial score (nSPS) is 23.8. The number of thioether (sulfide) groups is 1. The zero-order chi connectivity index (χ0) is 13.8. The number of carbonyl (C=O) groups excluding carboxylic acids is 1. The van der Waals surface area contributed by atoms with Crippen molar-refractivity contribution in [3.63, 3.8) is 0 Å². The van der Waals surface area contributed by atoms with Crippen molar-refractivity contribution >= 4 is 17.5 Å². The molecule has 1 heterocycles. The maximum atomic E-state index is 12.2. The summed E-state index contributed by atoms with van der Waals surface area (Å²) in [5, 5.41) is 9.90. The maximum absolute atomic E-state index is 12.2. The van der Waals surface area contributed by atoms with E-state index in [-0.39, 0.29) is 5.78 Å². The van der Waals surface area contributed by atoms with Crippen LogP contribution in [-0.4, -0.2) is 40.8 Å². The largest absolute Gasteiger partial charge is 0.294 e. The Morgan fingerprint density at radius 2 is 1.89 bits per heavy atom. The second-order valence-electron chi connectivity index (χ2n) is 5.06. The molecule has 0 amide bonds. The van der Waals surface area contributed by atoms with Crippen LogP contribution in [0, 0.1) is 11.3 Å². The Labute approximate surface area is 118 Å². The highest BCUT2D eigenvalue weighted by Crippen LogP contribution is 2.24. The molecule has 1 aromatic carbocycles. The topological polar surface area (TPSA) is 44.1 Å². The van der Waals surface area contributed by atoms with Gasteiger partial charge in [-0.05, 0) is 12.1 Å². The monoisotopic (exact) mass is 274 g/mol. The molecule has 0 bridgehead atoms. The molecular weight excluding hydrogens is 256 g/mol. The molecule has 19 heavy (non-hydrogen) atoms. The number of carbonyl (C=O) groups is 1. The second kappa shape index (κ2) is 6.23. The van der Waals surface area contributed by atoms with Crippen molar-refractivity contribution in [2.24, 2.45) is 0 Å². The third-order valence-corrected chi connectivity index (χ3v) is 4.43. The first-order chi connectivity index (χ1) is 9.08. The summed E-state index contributed by atoms with van der Waals surface area (Å²) >= 11 is 1.98. The van der Waals surface area contributed by atoms with Crippen molar-refractivity contribution in [1.82, 2.24) is 4.90 Å². The third kappa shape index (κ3) is 3.82. The Hall–Kier alpha value is -1.31. The van der Waals surface area contributed by atoms with Gasteiger partial charge in [0.1, 0.15) is 0 Å². The molecule has 1 fully saturated rings. The zero-order valence-electron chi connectivity index (χ0n) is 11.3. The van der Waals surface area contributed by atoms with Gasteiger partial charge in [0.15, 0.2) is 5.78 Å². The third-order valence-electron chi connectivity index (χ3n) is 3.20. The molecule has 100 valence electrons. The van der Waals surface area contributed by atoms with E-state index < -0.39 is 0 Å². The Morgan fingerprint density at radius 3 is 2.42 bits per heavy atom. The molecule has 0 saturated carbocycles. The quantitative estimate of drug-likeness (QED) is 0.795. The Morgan fingerprint density at radius 1 is 1.32 bits per heavy atom. The fourth-order valence-electron chi connectivity index (χ4n) is 2.44. The van der Waals surface area contributed by atoms with Gasteiger partial charge in [0.2, 0.25) is 0 Å². The summed E-state index contributed by atoms with van der Waals surface area (Å²) in [7, 11) is 0. The van der Waals surface area contributed by atoms with Gasteiger partial charge in [0.25, 0.3) is 0 Å². The molecule has 4 heteroatoms. The van der Waals surface area contributed by atoms with Gasteiger partial charge >= 0.3 is 0 Å². The lowest BCUT2D eigenvalue weighted by Crippen LogP contribution is -2.42. The Bertz CT molecular complexity index is 482. The highest BCUT2D eigenvalue weighted by molar-refractivity contribution is 8.00. The fraction of sp³-hybridized carbons (Fsp3) is 0.467. The van der Waals surface area contributed by atoms with Crippen molar-refractivity contribution in [3.8, 4) is 6.07 Å². The average Bonchev–Trinajstić information content (AvgIpc) is 2.37. The highest BCUT2D eigenvalue weighted by Gasteiger charge is 2.23. The van der Waals surface area contributed by atoms with E-state index in [1.54, 1.807) is 24.3 Å². The van der Waals surface area contributed by atoms with Crippen molar-refractivity contribution in [2.45, 2.75) is 24.3 Å². The number of benzene rings is 1. The standard InChI is InChI=1S/C15H18N2OS/c1-11-8-17(9-12(2)19-11)10-15(18)14-5-3-13(7-16)4-6-14/h3-6,11-12H,8-10H2,1-2H3. The predicted molar refractivity (Wildman–Crippen MR) is 78.4 cm³/mol. The van der Waals surface area contributed by atoms with Gasteiger partial charge in [0.05, 0.1) is 18.2 Å². The van der Waals surface area contributed by atoms with E-state index in [1.807, 2.05) is 11.8 Å². The van der Waals surface area contributed by atoms with E-state index >= 15 is 0 Å². The minimum Gasteiger partial charge on any atom is -0.294 e. The molecule has 0 N–H and O–H groups in total. The molecule has 2 rings (SSSR count). The first-order valence-corrected chi connectivity index (χ1v) is 7.44. The van der Waals surface area contributed by atoms with Gasteiger partial charge in [-0.15, -0.1) is 0 Å². The summed E-state index contributed by atoms with van der Waals surface area (Å²) in [6.45, 7) is 6.83. The van der Waals surface area contributed by atoms with Crippen molar-refractivity contribution in [3.05, 3.63) is 35.4 Å². The Kier molecular flexibility index (Phi) is 4.62. The van der Waals surface area contributed by atoms with Crippen LogP contribution < -0.4 is 0 Å². The van der Waals surface area contributed by atoms with Crippen LogP contribution >= 0.6 is 11.8 Å². The van der Waals surface area contributed by atoms with Crippen LogP contribution in [0.25, 0.3) is 0 Å². The van der Waals surface area contributed by atoms with Crippen LogP contribution in [-0.2, 0) is 0 Å². The van der Waals surface area contributed by atoms with E-state index in [4.69, 9.17) is 5.26 Å². The van der Waals surface area contributed by atoms with Gasteiger partial charge in [-0.3, -0.25) is 9.69 Å². The van der Waals surface area contributed by atoms with Gasteiger partial charge in [-0.2, -0.15) is 17.0 Å². The summed E-state index contributed by atoms with van der Waals surface area (Å²) < 4.78 is 0. The highest BCUT2D eigenvalue weighted by atomic mass is 32.2. The predicted octanol–water partition coefficient (Wildman–Crippen LogP) is 2.57. The SMILES string of the molecule is CC1CN(CC(=O)c2ccc(C#N)cc2)CC(C)S1. The molecular formula is C15H18N2OS. The number of hydrogen-bond acceptors (Lipinski definition) is 4. The summed E-state index contributed by atoms with van der Waals surface area (Å²) in [5.41, 5.74) is 1.28. The summed E-state index contributed by atoms with van der Waals surface area (Å²) in [6, 6.07) is 8.94. The van der Waals surface area contributed by atoms with Gasteiger partial charge in [-0.1, -0.05) is 26.0 Å². The van der Waals surface area contributed by atoms with E-state index in [1.165, 1.54) is 0 Å². The average molecular weight is 274 g/mol. The lowest BCUT2D eigenvalue weighted by atomic mass is 10.1. The van der Waals surface area contributed by atoms with Crippen LogP contribution in [0.2, 0.25) is 0 Å². The molecule has 2 atom stereocenters. The van der Waals surface area contributed by atoms with Crippen LogP contribution in [0.15, 0.2) is 24.3 Å².